The van der Waals surface area contributed by atoms with E-state index in [-0.39, 0.29) is 23.0 Å². The topological polar surface area (TPSA) is 44.6 Å². The number of hydrazone groups is 1. The molecule has 3 rings (SSSR count). The normalized spacial score (nSPS) is 11.7. The maximum atomic E-state index is 9.58. The van der Waals surface area contributed by atoms with Gasteiger partial charge in [0, 0.05) is 22.6 Å². The van der Waals surface area contributed by atoms with Crippen molar-refractivity contribution in [1.29, 1.82) is 0 Å². The Morgan fingerprint density at radius 2 is 1.64 bits per heavy atom. The van der Waals surface area contributed by atoms with E-state index in [0.29, 0.717) is 0 Å². The SMILES string of the molecule is OC(NN=Cc1ccccc1)=C1C=CC=C1.[Fe].c1cc[cH-]c1. The summed E-state index contributed by atoms with van der Waals surface area (Å²) in [4.78, 5) is 0. The zero-order valence-electron chi connectivity index (χ0n) is 11.9. The Balaban J connectivity index is 0.000000344. The van der Waals surface area contributed by atoms with Crippen LogP contribution in [0.1, 0.15) is 5.56 Å². The van der Waals surface area contributed by atoms with E-state index in [1.165, 1.54) is 0 Å². The molecule has 0 unspecified atom stereocenters. The number of hydrogen-bond donors (Lipinski definition) is 2. The number of aliphatic hydroxyl groups excluding tert-OH is 1. The summed E-state index contributed by atoms with van der Waals surface area (Å²) < 4.78 is 0. The van der Waals surface area contributed by atoms with Crippen LogP contribution < -0.4 is 5.43 Å². The monoisotopic (exact) mass is 333 g/mol. The van der Waals surface area contributed by atoms with Crippen LogP contribution >= 0.6 is 0 Å². The third-order valence-electron chi connectivity index (χ3n) is 2.68. The maximum absolute atomic E-state index is 9.58. The summed E-state index contributed by atoms with van der Waals surface area (Å²) in [5, 5.41) is 13.5. The molecule has 114 valence electrons. The molecule has 2 aromatic rings. The van der Waals surface area contributed by atoms with Gasteiger partial charge in [0.15, 0.2) is 0 Å². The van der Waals surface area contributed by atoms with Crippen molar-refractivity contribution in [2.75, 3.05) is 0 Å². The van der Waals surface area contributed by atoms with E-state index in [2.05, 4.69) is 10.5 Å². The molecule has 0 bridgehead atoms. The molecule has 0 saturated carbocycles. The van der Waals surface area contributed by atoms with Crippen molar-refractivity contribution in [1.82, 2.24) is 5.43 Å². The van der Waals surface area contributed by atoms with Crippen LogP contribution in [0.4, 0.5) is 0 Å². The van der Waals surface area contributed by atoms with Gasteiger partial charge in [-0.25, -0.2) is 17.6 Å². The molecular weight excluding hydrogens is 316 g/mol. The van der Waals surface area contributed by atoms with Gasteiger partial charge in [0.2, 0.25) is 5.88 Å². The number of hydrogen-bond acceptors (Lipinski definition) is 3. The van der Waals surface area contributed by atoms with Crippen LogP contribution in [-0.2, 0) is 17.1 Å². The van der Waals surface area contributed by atoms with E-state index in [1.54, 1.807) is 18.4 Å². The zero-order chi connectivity index (χ0) is 14.8. The fourth-order valence-corrected chi connectivity index (χ4v) is 1.62. The predicted molar refractivity (Wildman–Crippen MR) is 87.1 cm³/mol. The molecule has 22 heavy (non-hydrogen) atoms. The first-order valence-electron chi connectivity index (χ1n) is 6.65. The summed E-state index contributed by atoms with van der Waals surface area (Å²) in [6.07, 6.45) is 8.97. The van der Waals surface area contributed by atoms with Crippen LogP contribution in [0.2, 0.25) is 0 Å². The molecule has 0 heterocycles. The first kappa shape index (κ1) is 17.6. The van der Waals surface area contributed by atoms with Crippen LogP contribution in [0.25, 0.3) is 0 Å². The minimum atomic E-state index is 0. The van der Waals surface area contributed by atoms with Gasteiger partial charge in [0.1, 0.15) is 0 Å². The van der Waals surface area contributed by atoms with Gasteiger partial charge in [-0.1, -0.05) is 42.5 Å². The van der Waals surface area contributed by atoms with Gasteiger partial charge in [0.05, 0.1) is 6.21 Å². The smallest absolute Gasteiger partial charge is 0.212 e. The number of nitrogens with zero attached hydrogens (tertiary/aromatic N) is 1. The molecule has 0 aromatic heterocycles. The Morgan fingerprint density at radius 1 is 1.00 bits per heavy atom. The number of aliphatic hydroxyl groups is 1. The third-order valence-corrected chi connectivity index (χ3v) is 2.68. The van der Waals surface area contributed by atoms with Crippen molar-refractivity contribution >= 4 is 6.21 Å². The van der Waals surface area contributed by atoms with Crippen molar-refractivity contribution in [2.24, 2.45) is 5.10 Å². The largest absolute Gasteiger partial charge is 0.493 e. The Kier molecular flexibility index (Phi) is 8.28. The number of nitrogens with one attached hydrogen (secondary N) is 1. The molecular formula is C18H17FeN2O-. The third kappa shape index (κ3) is 6.35. The van der Waals surface area contributed by atoms with E-state index >= 15 is 0 Å². The molecule has 0 saturated heterocycles. The molecule has 1 aliphatic carbocycles. The Labute approximate surface area is 141 Å². The van der Waals surface area contributed by atoms with Crippen LogP contribution in [0, 0.1) is 0 Å². The van der Waals surface area contributed by atoms with Crippen molar-refractivity contribution in [3.63, 3.8) is 0 Å². The standard InChI is InChI=1S/C13H12N2O.C5H5.Fe/c16-13(12-8-4-5-9-12)15-14-10-11-6-2-1-3-7-11;1-2-4-5-3-1;/h1-10,15-16H;1-5H;/q;-1;. The van der Waals surface area contributed by atoms with Gasteiger partial charge < -0.3 is 5.11 Å². The van der Waals surface area contributed by atoms with Crippen LogP contribution in [-0.4, -0.2) is 11.3 Å². The fourth-order valence-electron chi connectivity index (χ4n) is 1.62. The molecule has 0 spiro atoms. The van der Waals surface area contributed by atoms with Gasteiger partial charge in [0.25, 0.3) is 0 Å². The molecule has 1 aliphatic rings. The maximum Gasteiger partial charge on any atom is 0.212 e. The van der Waals surface area contributed by atoms with Gasteiger partial charge in [-0.2, -0.15) is 23.3 Å². The van der Waals surface area contributed by atoms with E-state index in [1.807, 2.05) is 72.8 Å². The molecule has 0 aliphatic heterocycles. The van der Waals surface area contributed by atoms with Gasteiger partial charge in [-0.15, -0.1) is 0 Å². The summed E-state index contributed by atoms with van der Waals surface area (Å²) in [6, 6.07) is 19.7. The molecule has 2 N–H and O–H groups in total. The molecule has 3 nitrogen and oxygen atoms in total. The van der Waals surface area contributed by atoms with E-state index in [9.17, 15) is 5.11 Å². The second-order valence-electron chi connectivity index (χ2n) is 4.27. The summed E-state index contributed by atoms with van der Waals surface area (Å²) >= 11 is 0. The Bertz CT molecular complexity index is 610. The average molecular weight is 333 g/mol. The minimum absolute atomic E-state index is 0. The summed E-state index contributed by atoms with van der Waals surface area (Å²) in [7, 11) is 0. The molecule has 2 aromatic carbocycles. The zero-order valence-corrected chi connectivity index (χ0v) is 13.0. The molecule has 0 amide bonds. The number of rotatable bonds is 3. The molecule has 4 heteroatoms. The Hall–Kier alpha value is -2.42. The first-order chi connectivity index (χ1) is 10.4. The first-order valence-corrected chi connectivity index (χ1v) is 6.65. The van der Waals surface area contributed by atoms with Gasteiger partial charge in [-0.3, -0.25) is 0 Å². The molecule has 0 radical (unpaired) electrons. The van der Waals surface area contributed by atoms with Gasteiger partial charge in [-0.05, 0) is 17.7 Å². The van der Waals surface area contributed by atoms with Crippen molar-refractivity contribution < 1.29 is 22.2 Å². The summed E-state index contributed by atoms with van der Waals surface area (Å²) in [5.41, 5.74) is 4.28. The van der Waals surface area contributed by atoms with Gasteiger partial charge >= 0.3 is 0 Å². The van der Waals surface area contributed by atoms with E-state index < -0.39 is 0 Å². The van der Waals surface area contributed by atoms with Crippen molar-refractivity contribution in [3.8, 4) is 0 Å². The van der Waals surface area contributed by atoms with Crippen LogP contribution in [0.5, 0.6) is 0 Å². The van der Waals surface area contributed by atoms with E-state index in [0.717, 1.165) is 11.1 Å². The Morgan fingerprint density at radius 3 is 2.18 bits per heavy atom. The van der Waals surface area contributed by atoms with Crippen molar-refractivity contribution in [2.45, 2.75) is 0 Å². The van der Waals surface area contributed by atoms with Crippen LogP contribution in [0.15, 0.2) is 102 Å². The summed E-state index contributed by atoms with van der Waals surface area (Å²) in [5.74, 6) is 0.0529. The minimum Gasteiger partial charge on any atom is -0.493 e. The molecule has 0 atom stereocenters. The quantitative estimate of drug-likeness (QED) is 0.294. The van der Waals surface area contributed by atoms with Crippen LogP contribution in [0.3, 0.4) is 0 Å². The summed E-state index contributed by atoms with van der Waals surface area (Å²) in [6.45, 7) is 0. The average Bonchev–Trinajstić information content (AvgIpc) is 3.24. The second kappa shape index (κ2) is 10.3. The van der Waals surface area contributed by atoms with E-state index in [4.69, 9.17) is 0 Å². The second-order valence-corrected chi connectivity index (χ2v) is 4.27. The predicted octanol–water partition coefficient (Wildman–Crippen LogP) is 3.91. The van der Waals surface area contributed by atoms with Crippen molar-refractivity contribution in [3.05, 3.63) is 102 Å². The molecule has 0 fully saturated rings. The number of allylic oxidation sites excluding steroid dienone is 5. The number of benzene rings is 1. The fraction of sp³-hybridized carbons (Fsp3) is 0.